The van der Waals surface area contributed by atoms with Gasteiger partial charge >= 0.3 is 0 Å². The highest BCUT2D eigenvalue weighted by Gasteiger charge is 2.12. The van der Waals surface area contributed by atoms with Gasteiger partial charge in [0.05, 0.1) is 5.02 Å². The molecule has 0 saturated heterocycles. The van der Waals surface area contributed by atoms with Gasteiger partial charge in [0.25, 0.3) is 0 Å². The summed E-state index contributed by atoms with van der Waals surface area (Å²) in [6.45, 7) is 0. The molecule has 0 saturated carbocycles. The van der Waals surface area contributed by atoms with E-state index in [2.05, 4.69) is 12.2 Å². The second-order valence-corrected chi connectivity index (χ2v) is 7.30. The number of halogens is 3. The zero-order valence-corrected chi connectivity index (χ0v) is 14.7. The van der Waals surface area contributed by atoms with Gasteiger partial charge in [-0.05, 0) is 47.1 Å². The summed E-state index contributed by atoms with van der Waals surface area (Å²) < 4.78 is 13.4. The van der Waals surface area contributed by atoms with Crippen LogP contribution in [0.1, 0.15) is 24.0 Å². The maximum Gasteiger partial charge on any atom is 0.141 e. The van der Waals surface area contributed by atoms with Crippen molar-refractivity contribution < 1.29 is 4.39 Å². The van der Waals surface area contributed by atoms with E-state index >= 15 is 0 Å². The molecular weight excluding hydrogens is 350 g/mol. The van der Waals surface area contributed by atoms with Crippen LogP contribution in [-0.4, -0.2) is 0 Å². The van der Waals surface area contributed by atoms with Gasteiger partial charge in [-0.3, -0.25) is 0 Å². The van der Waals surface area contributed by atoms with Crippen LogP contribution in [0.2, 0.25) is 10.0 Å². The highest BCUT2D eigenvalue weighted by atomic mass is 35.5. The van der Waals surface area contributed by atoms with Crippen LogP contribution in [0.3, 0.4) is 0 Å². The fraction of sp³-hybridized carbons (Fsp3) is 0.158. The first-order valence-electron chi connectivity index (χ1n) is 7.39. The molecule has 0 aromatic heterocycles. The summed E-state index contributed by atoms with van der Waals surface area (Å²) in [4.78, 5) is 2.37. The van der Waals surface area contributed by atoms with Crippen molar-refractivity contribution in [3.63, 3.8) is 0 Å². The van der Waals surface area contributed by atoms with Gasteiger partial charge < -0.3 is 0 Å². The van der Waals surface area contributed by atoms with Gasteiger partial charge in [0.15, 0.2) is 0 Å². The van der Waals surface area contributed by atoms with Crippen molar-refractivity contribution in [3.8, 4) is 0 Å². The lowest BCUT2D eigenvalue weighted by Gasteiger charge is -2.11. The molecule has 0 nitrogen and oxygen atoms in total. The Balaban J connectivity index is 1.82. The Kier molecular flexibility index (Phi) is 5.47. The highest BCUT2D eigenvalue weighted by Crippen LogP contribution is 2.39. The van der Waals surface area contributed by atoms with Crippen LogP contribution in [0, 0.1) is 5.82 Å². The Hall–Kier alpha value is -1.22. The monoisotopic (exact) mass is 364 g/mol. The summed E-state index contributed by atoms with van der Waals surface area (Å²) in [5.41, 5.74) is 2.07. The van der Waals surface area contributed by atoms with E-state index in [4.69, 9.17) is 23.2 Å². The molecule has 0 bridgehead atoms. The van der Waals surface area contributed by atoms with Crippen molar-refractivity contribution in [2.24, 2.45) is 0 Å². The molecule has 2 aromatic rings. The third-order valence-electron chi connectivity index (χ3n) is 3.64. The third kappa shape index (κ3) is 4.20. The van der Waals surface area contributed by atoms with E-state index in [0.29, 0.717) is 0 Å². The minimum atomic E-state index is -0.388. The Labute approximate surface area is 150 Å². The van der Waals surface area contributed by atoms with Gasteiger partial charge in [0.2, 0.25) is 0 Å². The van der Waals surface area contributed by atoms with E-state index < -0.39 is 0 Å². The largest absolute Gasteiger partial charge is 0.205 e. The van der Waals surface area contributed by atoms with Gasteiger partial charge in [-0.2, -0.15) is 0 Å². The number of benzene rings is 2. The molecule has 4 heteroatoms. The van der Waals surface area contributed by atoms with Crippen molar-refractivity contribution in [2.75, 3.05) is 0 Å². The smallest absolute Gasteiger partial charge is 0.141 e. The van der Waals surface area contributed by atoms with E-state index in [0.717, 1.165) is 40.3 Å². The molecule has 0 radical (unpaired) electrons. The summed E-state index contributed by atoms with van der Waals surface area (Å²) in [5, 5.41) is 0.943. The predicted octanol–water partition coefficient (Wildman–Crippen LogP) is 7.13. The number of hydrogen-bond donors (Lipinski definition) is 0. The van der Waals surface area contributed by atoms with Crippen molar-refractivity contribution in [1.82, 2.24) is 0 Å². The Morgan fingerprint density at radius 1 is 0.957 bits per heavy atom. The highest BCUT2D eigenvalue weighted by molar-refractivity contribution is 8.11. The summed E-state index contributed by atoms with van der Waals surface area (Å²) in [6.07, 6.45) is 7.19. The van der Waals surface area contributed by atoms with E-state index in [-0.39, 0.29) is 10.8 Å². The molecule has 1 aliphatic heterocycles. The molecule has 0 amide bonds. The minimum absolute atomic E-state index is 0.157. The number of thioether (sulfide) groups is 1. The first-order valence-corrected chi connectivity index (χ1v) is 8.96. The Morgan fingerprint density at radius 2 is 1.74 bits per heavy atom. The Bertz CT molecular complexity index is 781. The molecule has 0 N–H and O–H groups in total. The van der Waals surface area contributed by atoms with Crippen LogP contribution in [-0.2, 0) is 6.42 Å². The van der Waals surface area contributed by atoms with Gasteiger partial charge in [0.1, 0.15) is 5.82 Å². The van der Waals surface area contributed by atoms with Gasteiger partial charge in [0, 0.05) is 16.3 Å². The minimum Gasteiger partial charge on any atom is -0.205 e. The topological polar surface area (TPSA) is 0 Å². The quantitative estimate of drug-likeness (QED) is 0.558. The second kappa shape index (κ2) is 7.57. The molecule has 0 atom stereocenters. The van der Waals surface area contributed by atoms with Crippen molar-refractivity contribution in [3.05, 3.63) is 86.5 Å². The van der Waals surface area contributed by atoms with Gasteiger partial charge in [-0.25, -0.2) is 4.39 Å². The number of rotatable bonds is 3. The van der Waals surface area contributed by atoms with Crippen LogP contribution < -0.4 is 0 Å². The zero-order valence-electron chi connectivity index (χ0n) is 12.4. The van der Waals surface area contributed by atoms with Crippen LogP contribution in [0.4, 0.5) is 4.39 Å². The Morgan fingerprint density at radius 3 is 2.52 bits per heavy atom. The molecule has 2 aromatic carbocycles. The molecule has 0 fully saturated rings. The molecule has 3 rings (SSSR count). The number of allylic oxidation sites excluding steroid dienone is 3. The predicted molar refractivity (Wildman–Crippen MR) is 99.5 cm³/mol. The maximum atomic E-state index is 13.4. The molecule has 0 unspecified atom stereocenters. The van der Waals surface area contributed by atoms with E-state index in [1.54, 1.807) is 23.9 Å². The van der Waals surface area contributed by atoms with E-state index in [1.165, 1.54) is 11.0 Å². The van der Waals surface area contributed by atoms with Crippen LogP contribution in [0.25, 0.3) is 4.91 Å². The second-order valence-electron chi connectivity index (χ2n) is 5.32. The zero-order chi connectivity index (χ0) is 16.2. The van der Waals surface area contributed by atoms with Crippen molar-refractivity contribution >= 4 is 39.9 Å². The summed E-state index contributed by atoms with van der Waals surface area (Å²) >= 11 is 13.9. The normalized spacial score (nSPS) is 14.9. The van der Waals surface area contributed by atoms with E-state index in [1.807, 2.05) is 24.3 Å². The lowest BCUT2D eigenvalue weighted by atomic mass is 10.1. The average Bonchev–Trinajstić information content (AvgIpc) is 2.78. The van der Waals surface area contributed by atoms with Crippen molar-refractivity contribution in [1.29, 1.82) is 0 Å². The van der Waals surface area contributed by atoms with Crippen LogP contribution in [0.5, 0.6) is 0 Å². The lowest BCUT2D eigenvalue weighted by molar-refractivity contribution is 0.628. The molecule has 23 heavy (non-hydrogen) atoms. The average molecular weight is 365 g/mol. The molecule has 1 heterocycles. The fourth-order valence-electron chi connectivity index (χ4n) is 2.45. The van der Waals surface area contributed by atoms with Crippen LogP contribution in [0.15, 0.2) is 59.5 Å². The molecule has 0 aliphatic carbocycles. The maximum absolute atomic E-state index is 13.4. The SMILES string of the molecule is Fc1ccc(C2=CCCC=C(Cc3ccccc3Cl)S2)cc1Cl. The van der Waals surface area contributed by atoms with Crippen LogP contribution >= 0.6 is 35.0 Å². The van der Waals surface area contributed by atoms with Crippen molar-refractivity contribution in [2.45, 2.75) is 19.3 Å². The van der Waals surface area contributed by atoms with Gasteiger partial charge in [-0.15, -0.1) is 0 Å². The first kappa shape index (κ1) is 16.6. The summed E-state index contributed by atoms with van der Waals surface area (Å²) in [6, 6.07) is 12.8. The first-order chi connectivity index (χ1) is 11.1. The molecule has 118 valence electrons. The van der Waals surface area contributed by atoms with Gasteiger partial charge in [-0.1, -0.05) is 71.4 Å². The third-order valence-corrected chi connectivity index (χ3v) is 5.49. The molecule has 0 spiro atoms. The number of hydrogen-bond acceptors (Lipinski definition) is 1. The summed E-state index contributed by atoms with van der Waals surface area (Å²) in [7, 11) is 0. The lowest BCUT2D eigenvalue weighted by Crippen LogP contribution is -1.90. The molecule has 1 aliphatic rings. The molecular formula is C19H15Cl2FS. The van der Waals surface area contributed by atoms with E-state index in [9.17, 15) is 4.39 Å². The standard InChI is InChI=1S/C19H15Cl2FS/c20-16-7-3-1-5-13(16)11-15-6-2-4-8-19(23-15)14-9-10-18(22)17(21)12-14/h1,3,5-10,12H,2,4,11H2. The summed E-state index contributed by atoms with van der Waals surface area (Å²) in [5.74, 6) is -0.388. The fourth-order valence-corrected chi connectivity index (χ4v) is 3.99.